The second-order valence-corrected chi connectivity index (χ2v) is 6.84. The summed E-state index contributed by atoms with van der Waals surface area (Å²) in [6.45, 7) is 3.12. The van der Waals surface area contributed by atoms with Gasteiger partial charge in [-0.25, -0.2) is 0 Å². The average Bonchev–Trinajstić information content (AvgIpc) is 2.77. The lowest BCUT2D eigenvalue weighted by atomic mass is 9.95. The van der Waals surface area contributed by atoms with Gasteiger partial charge in [-0.3, -0.25) is 0 Å². The molecule has 0 saturated heterocycles. The fourth-order valence-corrected chi connectivity index (χ4v) is 4.73. The SMILES string of the molecule is CNC1c2c(Br)cc3c(c2CSC1C)OCC3. The van der Waals surface area contributed by atoms with E-state index in [1.54, 1.807) is 0 Å². The van der Waals surface area contributed by atoms with E-state index in [9.17, 15) is 0 Å². The third kappa shape index (κ3) is 1.81. The Kier molecular flexibility index (Phi) is 3.13. The molecule has 0 spiro atoms. The van der Waals surface area contributed by atoms with Crippen LogP contribution in [0.1, 0.15) is 29.7 Å². The number of benzene rings is 1. The Balaban J connectivity index is 2.18. The van der Waals surface area contributed by atoms with Crippen molar-refractivity contribution < 1.29 is 4.74 Å². The molecule has 1 aromatic rings. The highest BCUT2D eigenvalue weighted by molar-refractivity contribution is 9.10. The van der Waals surface area contributed by atoms with E-state index in [2.05, 4.69) is 34.2 Å². The summed E-state index contributed by atoms with van der Waals surface area (Å²) in [5.74, 6) is 2.22. The third-order valence-electron chi connectivity index (χ3n) is 3.65. The Bertz CT molecular complexity index is 463. The van der Waals surface area contributed by atoms with Crippen LogP contribution in [0, 0.1) is 0 Å². The molecule has 3 rings (SSSR count). The van der Waals surface area contributed by atoms with Crippen molar-refractivity contribution in [3.05, 3.63) is 27.2 Å². The maximum atomic E-state index is 5.82. The van der Waals surface area contributed by atoms with Crippen molar-refractivity contribution in [1.29, 1.82) is 0 Å². The van der Waals surface area contributed by atoms with E-state index in [1.165, 1.54) is 21.2 Å². The van der Waals surface area contributed by atoms with Crippen LogP contribution in [-0.2, 0) is 12.2 Å². The van der Waals surface area contributed by atoms with Gasteiger partial charge in [-0.15, -0.1) is 0 Å². The molecule has 2 heterocycles. The third-order valence-corrected chi connectivity index (χ3v) is 5.56. The van der Waals surface area contributed by atoms with Gasteiger partial charge in [0.05, 0.1) is 6.61 Å². The largest absolute Gasteiger partial charge is 0.493 e. The number of fused-ring (bicyclic) bond motifs is 3. The van der Waals surface area contributed by atoms with Gasteiger partial charge >= 0.3 is 0 Å². The monoisotopic (exact) mass is 313 g/mol. The summed E-state index contributed by atoms with van der Waals surface area (Å²) in [4.78, 5) is 0. The number of halogens is 1. The van der Waals surface area contributed by atoms with Crippen LogP contribution in [0.25, 0.3) is 0 Å². The predicted molar refractivity (Wildman–Crippen MR) is 75.9 cm³/mol. The molecule has 1 N–H and O–H groups in total. The molecule has 2 unspecified atom stereocenters. The van der Waals surface area contributed by atoms with Gasteiger partial charge in [-0.05, 0) is 24.2 Å². The number of nitrogens with one attached hydrogen (secondary N) is 1. The lowest BCUT2D eigenvalue weighted by Crippen LogP contribution is -2.30. The lowest BCUT2D eigenvalue weighted by Gasteiger charge is -2.32. The van der Waals surface area contributed by atoms with Crippen LogP contribution in [0.4, 0.5) is 0 Å². The summed E-state index contributed by atoms with van der Waals surface area (Å²) < 4.78 is 7.06. The minimum absolute atomic E-state index is 0.410. The zero-order chi connectivity index (χ0) is 12.0. The second kappa shape index (κ2) is 4.48. The van der Waals surface area contributed by atoms with Crippen LogP contribution < -0.4 is 10.1 Å². The van der Waals surface area contributed by atoms with E-state index in [0.29, 0.717) is 11.3 Å². The molecule has 0 saturated carbocycles. The van der Waals surface area contributed by atoms with Crippen LogP contribution >= 0.6 is 27.7 Å². The fourth-order valence-electron chi connectivity index (χ4n) is 2.79. The molecule has 0 fully saturated rings. The quantitative estimate of drug-likeness (QED) is 0.859. The van der Waals surface area contributed by atoms with Crippen molar-refractivity contribution in [2.45, 2.75) is 30.4 Å². The Hall–Kier alpha value is -0.190. The first kappa shape index (κ1) is 11.9. The van der Waals surface area contributed by atoms with Crippen LogP contribution in [0.2, 0.25) is 0 Å². The van der Waals surface area contributed by atoms with Gasteiger partial charge in [-0.2, -0.15) is 11.8 Å². The Morgan fingerprint density at radius 3 is 3.12 bits per heavy atom. The second-order valence-electron chi connectivity index (χ2n) is 4.62. The predicted octanol–water partition coefficient (Wildman–Crippen LogP) is 3.28. The lowest BCUT2D eigenvalue weighted by molar-refractivity contribution is 0.353. The summed E-state index contributed by atoms with van der Waals surface area (Å²) in [7, 11) is 2.04. The van der Waals surface area contributed by atoms with Crippen molar-refractivity contribution in [3.8, 4) is 5.75 Å². The Morgan fingerprint density at radius 1 is 1.53 bits per heavy atom. The minimum atomic E-state index is 0.410. The maximum absolute atomic E-state index is 5.82. The van der Waals surface area contributed by atoms with E-state index in [4.69, 9.17) is 4.74 Å². The topological polar surface area (TPSA) is 21.3 Å². The summed E-state index contributed by atoms with van der Waals surface area (Å²) in [6.07, 6.45) is 1.05. The minimum Gasteiger partial charge on any atom is -0.493 e. The number of hydrogen-bond acceptors (Lipinski definition) is 3. The highest BCUT2D eigenvalue weighted by Gasteiger charge is 2.32. The van der Waals surface area contributed by atoms with Crippen LogP contribution in [0.15, 0.2) is 10.5 Å². The zero-order valence-electron chi connectivity index (χ0n) is 10.0. The van der Waals surface area contributed by atoms with Gasteiger partial charge in [0.2, 0.25) is 0 Å². The molecule has 2 aliphatic heterocycles. The van der Waals surface area contributed by atoms with Crippen molar-refractivity contribution in [2.24, 2.45) is 0 Å². The molecule has 0 bridgehead atoms. The molecular formula is C13H16BrNOS. The molecular weight excluding hydrogens is 298 g/mol. The zero-order valence-corrected chi connectivity index (χ0v) is 12.5. The van der Waals surface area contributed by atoms with Gasteiger partial charge in [-0.1, -0.05) is 22.9 Å². The molecule has 17 heavy (non-hydrogen) atoms. The van der Waals surface area contributed by atoms with Gasteiger partial charge in [0.15, 0.2) is 0 Å². The summed E-state index contributed by atoms with van der Waals surface area (Å²) in [5.41, 5.74) is 4.16. The number of rotatable bonds is 1. The average molecular weight is 314 g/mol. The first-order valence-corrected chi connectivity index (χ1v) is 7.82. The van der Waals surface area contributed by atoms with E-state index >= 15 is 0 Å². The van der Waals surface area contributed by atoms with Crippen molar-refractivity contribution in [1.82, 2.24) is 5.32 Å². The van der Waals surface area contributed by atoms with Gasteiger partial charge in [0, 0.05) is 33.5 Å². The van der Waals surface area contributed by atoms with E-state index in [1.807, 2.05) is 18.8 Å². The van der Waals surface area contributed by atoms with Crippen molar-refractivity contribution in [3.63, 3.8) is 0 Å². The van der Waals surface area contributed by atoms with Crippen molar-refractivity contribution in [2.75, 3.05) is 13.7 Å². The van der Waals surface area contributed by atoms with E-state index < -0.39 is 0 Å². The molecule has 0 aromatic heterocycles. The Labute approximate surface area is 115 Å². The smallest absolute Gasteiger partial charge is 0.127 e. The van der Waals surface area contributed by atoms with Crippen LogP contribution in [0.5, 0.6) is 5.75 Å². The van der Waals surface area contributed by atoms with Gasteiger partial charge in [0.25, 0.3) is 0 Å². The first-order valence-electron chi connectivity index (χ1n) is 5.98. The molecule has 0 aliphatic carbocycles. The normalized spacial score (nSPS) is 26.3. The number of ether oxygens (including phenoxy) is 1. The summed E-state index contributed by atoms with van der Waals surface area (Å²) in [6, 6.07) is 2.65. The molecule has 2 atom stereocenters. The highest BCUT2D eigenvalue weighted by atomic mass is 79.9. The van der Waals surface area contributed by atoms with Gasteiger partial charge in [0.1, 0.15) is 5.75 Å². The molecule has 1 aromatic carbocycles. The molecule has 4 heteroatoms. The Morgan fingerprint density at radius 2 is 2.35 bits per heavy atom. The molecule has 2 aliphatic rings. The molecule has 0 amide bonds. The van der Waals surface area contributed by atoms with Gasteiger partial charge < -0.3 is 10.1 Å². The van der Waals surface area contributed by atoms with E-state index in [-0.39, 0.29) is 0 Å². The molecule has 92 valence electrons. The van der Waals surface area contributed by atoms with Crippen LogP contribution in [-0.4, -0.2) is 18.9 Å². The fraction of sp³-hybridized carbons (Fsp3) is 0.538. The standard InChI is InChI=1S/C13H16BrNOS/c1-7-12(15-2)11-9(6-17-7)13-8(3-4-16-13)5-10(11)14/h5,7,12,15H,3-4,6H2,1-2H3. The molecule has 0 radical (unpaired) electrons. The first-order chi connectivity index (χ1) is 8.22. The van der Waals surface area contributed by atoms with Crippen LogP contribution in [0.3, 0.4) is 0 Å². The summed E-state index contributed by atoms with van der Waals surface area (Å²) >= 11 is 5.74. The number of hydrogen-bond donors (Lipinski definition) is 1. The van der Waals surface area contributed by atoms with Crippen molar-refractivity contribution >= 4 is 27.7 Å². The molecule has 2 nitrogen and oxygen atoms in total. The maximum Gasteiger partial charge on any atom is 0.127 e. The highest BCUT2D eigenvalue weighted by Crippen LogP contribution is 2.47. The number of thioether (sulfide) groups is 1. The van der Waals surface area contributed by atoms with E-state index in [0.717, 1.165) is 24.5 Å². The summed E-state index contributed by atoms with van der Waals surface area (Å²) in [5, 5.41) is 4.04.